The van der Waals surface area contributed by atoms with E-state index in [1.807, 2.05) is 37.3 Å². The predicted octanol–water partition coefficient (Wildman–Crippen LogP) is 4.11. The van der Waals surface area contributed by atoms with Gasteiger partial charge in [-0.25, -0.2) is 0 Å². The quantitative estimate of drug-likeness (QED) is 0.817. The van der Waals surface area contributed by atoms with Crippen LogP contribution in [0.3, 0.4) is 0 Å². The van der Waals surface area contributed by atoms with Crippen LogP contribution in [-0.4, -0.2) is 28.7 Å². The molecule has 1 aliphatic carbocycles. The van der Waals surface area contributed by atoms with Gasteiger partial charge in [-0.3, -0.25) is 19.3 Å². The van der Waals surface area contributed by atoms with Crippen molar-refractivity contribution in [3.05, 3.63) is 70.8 Å². The van der Waals surface area contributed by atoms with E-state index in [0.29, 0.717) is 16.7 Å². The third-order valence-electron chi connectivity index (χ3n) is 5.79. The molecule has 5 nitrogen and oxygen atoms in total. The second kappa shape index (κ2) is 7.58. The highest BCUT2D eigenvalue weighted by atomic mass is 16.2. The summed E-state index contributed by atoms with van der Waals surface area (Å²) in [4.78, 5) is 39.7. The lowest BCUT2D eigenvalue weighted by atomic mass is 9.95. The fraction of sp³-hybridized carbons (Fsp3) is 0.348. The number of carbonyl (C=O) groups excluding carboxylic acids is 3. The summed E-state index contributed by atoms with van der Waals surface area (Å²) >= 11 is 0. The van der Waals surface area contributed by atoms with E-state index in [2.05, 4.69) is 5.32 Å². The number of hydrogen-bond donors (Lipinski definition) is 1. The van der Waals surface area contributed by atoms with Crippen molar-refractivity contribution in [2.75, 3.05) is 0 Å². The van der Waals surface area contributed by atoms with Gasteiger partial charge >= 0.3 is 0 Å². The Bertz CT molecular complexity index is 917. The minimum absolute atomic E-state index is 0.176. The van der Waals surface area contributed by atoms with Gasteiger partial charge in [0.15, 0.2) is 0 Å². The Kier molecular flexibility index (Phi) is 4.99. The predicted molar refractivity (Wildman–Crippen MR) is 106 cm³/mol. The molecule has 0 saturated heterocycles. The van der Waals surface area contributed by atoms with Gasteiger partial charge in [0.1, 0.15) is 0 Å². The van der Waals surface area contributed by atoms with E-state index in [1.54, 1.807) is 18.2 Å². The molecule has 0 unspecified atom stereocenters. The summed E-state index contributed by atoms with van der Waals surface area (Å²) in [6, 6.07) is 14.1. The van der Waals surface area contributed by atoms with Crippen LogP contribution in [0.2, 0.25) is 0 Å². The molecule has 2 aromatic carbocycles. The zero-order valence-corrected chi connectivity index (χ0v) is 16.0. The van der Waals surface area contributed by atoms with E-state index in [0.717, 1.165) is 31.2 Å². The Labute approximate surface area is 164 Å². The summed E-state index contributed by atoms with van der Waals surface area (Å²) in [7, 11) is 0. The van der Waals surface area contributed by atoms with Gasteiger partial charge in [-0.1, -0.05) is 49.6 Å². The molecular formula is C23H24N2O3. The largest absolute Gasteiger partial charge is 0.349 e. The Balaban J connectivity index is 1.56. The van der Waals surface area contributed by atoms with Crippen molar-refractivity contribution in [2.45, 2.75) is 51.1 Å². The molecule has 0 spiro atoms. The first-order valence-electron chi connectivity index (χ1n) is 9.94. The second-order valence-corrected chi connectivity index (χ2v) is 7.64. The van der Waals surface area contributed by atoms with E-state index in [9.17, 15) is 14.4 Å². The van der Waals surface area contributed by atoms with Crippen LogP contribution in [0.15, 0.2) is 48.5 Å². The van der Waals surface area contributed by atoms with Crippen LogP contribution in [-0.2, 0) is 0 Å². The van der Waals surface area contributed by atoms with Crippen LogP contribution in [0.1, 0.15) is 81.7 Å². The van der Waals surface area contributed by atoms with Crippen molar-refractivity contribution in [3.63, 3.8) is 0 Å². The molecule has 1 atom stereocenters. The molecule has 3 amide bonds. The maximum Gasteiger partial charge on any atom is 0.262 e. The molecule has 1 heterocycles. The van der Waals surface area contributed by atoms with Gasteiger partial charge in [-0.15, -0.1) is 0 Å². The normalized spacial score (nSPS) is 18.1. The molecule has 2 aromatic rings. The van der Waals surface area contributed by atoms with Gasteiger partial charge in [0.05, 0.1) is 17.2 Å². The molecule has 1 saturated carbocycles. The van der Waals surface area contributed by atoms with Gasteiger partial charge < -0.3 is 5.32 Å². The van der Waals surface area contributed by atoms with E-state index in [1.165, 1.54) is 11.3 Å². The number of imide groups is 1. The Morgan fingerprint density at radius 1 is 0.964 bits per heavy atom. The van der Waals surface area contributed by atoms with Crippen molar-refractivity contribution >= 4 is 17.7 Å². The van der Waals surface area contributed by atoms with Gasteiger partial charge in [0.25, 0.3) is 17.7 Å². The van der Waals surface area contributed by atoms with Crippen molar-refractivity contribution in [1.82, 2.24) is 10.2 Å². The smallest absolute Gasteiger partial charge is 0.262 e. The molecule has 1 fully saturated rings. The SMILES string of the molecule is C[C@@H](c1ccccc1)N1C(=O)c2ccc(C(=O)NC3CCCCC3)cc2C1=O. The van der Waals surface area contributed by atoms with Crippen LogP contribution in [0.4, 0.5) is 0 Å². The van der Waals surface area contributed by atoms with Crippen LogP contribution in [0, 0.1) is 0 Å². The molecule has 0 radical (unpaired) electrons. The van der Waals surface area contributed by atoms with E-state index >= 15 is 0 Å². The molecule has 28 heavy (non-hydrogen) atoms. The third kappa shape index (κ3) is 3.33. The molecule has 0 bridgehead atoms. The first-order chi connectivity index (χ1) is 13.6. The summed E-state index contributed by atoms with van der Waals surface area (Å²) < 4.78 is 0. The van der Waals surface area contributed by atoms with E-state index < -0.39 is 0 Å². The summed E-state index contributed by atoms with van der Waals surface area (Å²) in [6.07, 6.45) is 5.48. The lowest BCUT2D eigenvalue weighted by Crippen LogP contribution is -2.36. The van der Waals surface area contributed by atoms with Crippen LogP contribution in [0.5, 0.6) is 0 Å². The standard InChI is InChI=1S/C23H24N2O3/c1-15(16-8-4-2-5-9-16)25-22(27)19-13-12-17(14-20(19)23(25)28)21(26)24-18-10-6-3-7-11-18/h2,4-5,8-9,12-15,18H,3,6-7,10-11H2,1H3,(H,24,26)/t15-/m0/s1. The average Bonchev–Trinajstić information content (AvgIpc) is 2.98. The number of nitrogens with one attached hydrogen (secondary N) is 1. The summed E-state index contributed by atoms with van der Waals surface area (Å²) in [5, 5.41) is 3.06. The Morgan fingerprint density at radius 3 is 2.36 bits per heavy atom. The zero-order chi connectivity index (χ0) is 19.7. The van der Waals surface area contributed by atoms with Gasteiger partial charge in [-0.2, -0.15) is 0 Å². The number of benzene rings is 2. The van der Waals surface area contributed by atoms with Gasteiger partial charge in [-0.05, 0) is 43.5 Å². The van der Waals surface area contributed by atoms with E-state index in [4.69, 9.17) is 0 Å². The molecule has 4 rings (SSSR count). The second-order valence-electron chi connectivity index (χ2n) is 7.64. The molecule has 1 N–H and O–H groups in total. The monoisotopic (exact) mass is 376 g/mol. The van der Waals surface area contributed by atoms with Crippen LogP contribution >= 0.6 is 0 Å². The number of fused-ring (bicyclic) bond motifs is 1. The zero-order valence-electron chi connectivity index (χ0n) is 16.0. The first-order valence-corrected chi connectivity index (χ1v) is 9.94. The molecular weight excluding hydrogens is 352 g/mol. The fourth-order valence-corrected chi connectivity index (χ4v) is 4.15. The average molecular weight is 376 g/mol. The van der Waals surface area contributed by atoms with Gasteiger partial charge in [0, 0.05) is 11.6 Å². The maximum absolute atomic E-state index is 13.0. The van der Waals surface area contributed by atoms with Crippen molar-refractivity contribution in [2.24, 2.45) is 0 Å². The molecule has 5 heteroatoms. The van der Waals surface area contributed by atoms with Crippen molar-refractivity contribution in [1.29, 1.82) is 0 Å². The fourth-order valence-electron chi connectivity index (χ4n) is 4.15. The summed E-state index contributed by atoms with van der Waals surface area (Å²) in [5.74, 6) is -0.830. The highest BCUT2D eigenvalue weighted by Gasteiger charge is 2.39. The number of hydrogen-bond acceptors (Lipinski definition) is 3. The topological polar surface area (TPSA) is 66.5 Å². The van der Waals surface area contributed by atoms with Crippen molar-refractivity contribution in [3.8, 4) is 0 Å². The maximum atomic E-state index is 13.0. The lowest BCUT2D eigenvalue weighted by Gasteiger charge is -2.23. The summed E-state index contributed by atoms with van der Waals surface area (Å²) in [6.45, 7) is 1.84. The molecule has 2 aliphatic rings. The molecule has 0 aromatic heterocycles. The Hall–Kier alpha value is -2.95. The number of carbonyl (C=O) groups is 3. The highest BCUT2D eigenvalue weighted by Crippen LogP contribution is 2.31. The minimum Gasteiger partial charge on any atom is -0.349 e. The van der Waals surface area contributed by atoms with Gasteiger partial charge in [0.2, 0.25) is 0 Å². The van der Waals surface area contributed by atoms with E-state index in [-0.39, 0.29) is 29.8 Å². The molecule has 144 valence electrons. The van der Waals surface area contributed by atoms with Crippen LogP contribution in [0.25, 0.3) is 0 Å². The number of rotatable bonds is 4. The number of amides is 3. The minimum atomic E-state index is -0.367. The third-order valence-corrected chi connectivity index (χ3v) is 5.79. The molecule has 1 aliphatic heterocycles. The highest BCUT2D eigenvalue weighted by molar-refractivity contribution is 6.22. The lowest BCUT2D eigenvalue weighted by molar-refractivity contribution is 0.0595. The Morgan fingerprint density at radius 2 is 1.64 bits per heavy atom. The number of nitrogens with zero attached hydrogens (tertiary/aromatic N) is 1. The van der Waals surface area contributed by atoms with Crippen LogP contribution < -0.4 is 5.32 Å². The first kappa shape index (κ1) is 18.4. The van der Waals surface area contributed by atoms with Crippen molar-refractivity contribution < 1.29 is 14.4 Å². The summed E-state index contributed by atoms with van der Waals surface area (Å²) in [5.41, 5.74) is 2.00.